The number of hydrogen-bond donors (Lipinski definition) is 3. The summed E-state index contributed by atoms with van der Waals surface area (Å²) in [7, 11) is 11.5. The van der Waals surface area contributed by atoms with Crippen LogP contribution in [0.4, 0.5) is 24.0 Å². The molecule has 0 aliphatic carbocycles. The molecule has 0 saturated carbocycles. The molecule has 0 saturated heterocycles. The number of carbonyl (C=O) groups excluding carboxylic acids is 5. The Kier molecular flexibility index (Phi) is 49.8. The van der Waals surface area contributed by atoms with Gasteiger partial charge in [-0.15, -0.1) is 24.8 Å². The third kappa shape index (κ3) is 36.7. The maximum absolute atomic E-state index is 12.4. The van der Waals surface area contributed by atoms with E-state index in [1.807, 2.05) is 158 Å². The van der Waals surface area contributed by atoms with Crippen LogP contribution in [0.2, 0.25) is 0 Å². The van der Waals surface area contributed by atoms with Crippen LogP contribution in [0.5, 0.6) is 57.5 Å². The molecular formula is C93H132Cl2IN5NaO21Pd-. The van der Waals surface area contributed by atoms with Crippen LogP contribution in [0.3, 0.4) is 0 Å². The topological polar surface area (TPSA) is 278 Å². The number of amides is 3. The fraction of sp³-hybridized carbons (Fsp3) is 0.484. The molecule has 3 amide bonds. The van der Waals surface area contributed by atoms with Crippen LogP contribution < -0.4 is 82.8 Å². The summed E-state index contributed by atoms with van der Waals surface area (Å²) in [5, 5.41) is 16.8. The monoisotopic (exact) mass is 1980 g/mol. The molecule has 688 valence electrons. The van der Waals surface area contributed by atoms with E-state index < -0.39 is 40.3 Å². The molecule has 0 spiro atoms. The van der Waals surface area contributed by atoms with Crippen molar-refractivity contribution in [2.45, 2.75) is 210 Å². The van der Waals surface area contributed by atoms with Gasteiger partial charge in [-0.3, -0.25) is 0 Å². The summed E-state index contributed by atoms with van der Waals surface area (Å²) in [6.45, 7) is 34.9. The summed E-state index contributed by atoms with van der Waals surface area (Å²) in [4.78, 5) is 65.7. The molecule has 0 aromatic heterocycles. The minimum Gasteiger partial charge on any atom is -1.00 e. The van der Waals surface area contributed by atoms with Crippen molar-refractivity contribution >= 4 is 78.0 Å². The number of carbonyl (C=O) groups is 5. The first-order valence-corrected chi connectivity index (χ1v) is 41.9. The van der Waals surface area contributed by atoms with E-state index in [-0.39, 0.29) is 108 Å². The molecule has 3 N–H and O–H groups in total. The third-order valence-corrected chi connectivity index (χ3v) is 18.2. The van der Waals surface area contributed by atoms with Crippen molar-refractivity contribution < 1.29 is 152 Å². The molecule has 26 nitrogen and oxygen atoms in total. The van der Waals surface area contributed by atoms with Gasteiger partial charge in [0.05, 0.1) is 49.8 Å². The van der Waals surface area contributed by atoms with E-state index in [0.717, 1.165) is 130 Å². The second-order valence-corrected chi connectivity index (χ2v) is 33.0. The second kappa shape index (κ2) is 54.2. The molecule has 12 rings (SSSR count). The van der Waals surface area contributed by atoms with Gasteiger partial charge in [0, 0.05) is 101 Å². The smallest absolute Gasteiger partial charge is 1.00 e. The SMILES string of the molecule is CC(C)(C)OC(=O)OC(=O)OC(C)(C)C.CI.COc1ccc2c(c1O)CCN(C(=O)OC(C)(C)C)C2.COc1ccc2c(c1OC)CCN(C(=O)OC(C)(C)C)C2.COc1ccc2c(c1OC)CCNC2.COc1ccc2c(c1OCc1ccccc1)CCN(C(=O)OC(C)(C)C)C2.COc1ccc2c(c1OCc1ccccc1)CCNC2.Cl.Cl.[CH3-].[H-].[Na+].[Pd]. The van der Waals surface area contributed by atoms with E-state index in [0.29, 0.717) is 71.1 Å². The molecule has 0 fully saturated rings. The average molecular weight is 1980 g/mol. The van der Waals surface area contributed by atoms with E-state index in [1.54, 1.807) is 105 Å². The van der Waals surface area contributed by atoms with Gasteiger partial charge in [-0.1, -0.05) is 114 Å². The van der Waals surface area contributed by atoms with E-state index in [9.17, 15) is 29.1 Å². The second-order valence-electron chi connectivity index (χ2n) is 33.0. The summed E-state index contributed by atoms with van der Waals surface area (Å²) in [6, 6.07) is 39.8. The number of methoxy groups -OCH3 is 7. The van der Waals surface area contributed by atoms with Crippen LogP contribution in [-0.4, -0.2) is 166 Å². The molecule has 124 heavy (non-hydrogen) atoms. The predicted octanol–water partition coefficient (Wildman–Crippen LogP) is 16.9. The minimum absolute atomic E-state index is 0. The first-order valence-electron chi connectivity index (χ1n) is 39.7. The number of hydrogen-bond acceptors (Lipinski definition) is 23. The van der Waals surface area contributed by atoms with E-state index in [4.69, 9.17) is 66.3 Å². The Bertz CT molecular complexity index is 4430. The quantitative estimate of drug-likeness (QED) is 0.0184. The van der Waals surface area contributed by atoms with E-state index >= 15 is 0 Å². The number of nitrogens with zero attached hydrogens (tertiary/aromatic N) is 3. The Labute approximate surface area is 798 Å². The van der Waals surface area contributed by atoms with Gasteiger partial charge < -0.3 is 110 Å². The Morgan fingerprint density at radius 1 is 0.371 bits per heavy atom. The molecule has 0 unspecified atom stereocenters. The summed E-state index contributed by atoms with van der Waals surface area (Å²) in [6.07, 6.45) is 1.03. The van der Waals surface area contributed by atoms with Crippen molar-refractivity contribution in [1.29, 1.82) is 0 Å². The molecule has 5 aliphatic heterocycles. The Morgan fingerprint density at radius 2 is 0.637 bits per heavy atom. The van der Waals surface area contributed by atoms with Crippen molar-refractivity contribution in [3.05, 3.63) is 196 Å². The van der Waals surface area contributed by atoms with Crippen LogP contribution in [0.15, 0.2) is 121 Å². The number of alkyl halides is 1. The van der Waals surface area contributed by atoms with Crippen molar-refractivity contribution in [3.63, 3.8) is 0 Å². The number of aromatic hydroxyl groups is 1. The van der Waals surface area contributed by atoms with Crippen LogP contribution in [0.1, 0.15) is 172 Å². The van der Waals surface area contributed by atoms with E-state index in [1.165, 1.54) is 34.9 Å². The van der Waals surface area contributed by atoms with Crippen molar-refractivity contribution in [3.8, 4) is 57.5 Å². The summed E-state index contributed by atoms with van der Waals surface area (Å²) < 4.78 is 79.7. The van der Waals surface area contributed by atoms with E-state index in [2.05, 4.69) is 62.2 Å². The molecule has 7 aromatic carbocycles. The Hall–Kier alpha value is -8.02. The summed E-state index contributed by atoms with van der Waals surface area (Å²) in [5.41, 5.74) is 10.7. The number of nitrogens with one attached hydrogen (secondary N) is 2. The number of ether oxygens (including phenoxy) is 15. The number of rotatable bonds is 13. The largest absolute Gasteiger partial charge is 1.00 e. The van der Waals surface area contributed by atoms with Crippen molar-refractivity contribution in [2.24, 2.45) is 0 Å². The van der Waals surface area contributed by atoms with Gasteiger partial charge >= 0.3 is 60.1 Å². The Morgan fingerprint density at radius 3 is 0.944 bits per heavy atom. The van der Waals surface area contributed by atoms with Crippen molar-refractivity contribution in [1.82, 2.24) is 25.3 Å². The van der Waals surface area contributed by atoms with Gasteiger partial charge in [-0.05, 0) is 223 Å². The molecule has 0 radical (unpaired) electrons. The van der Waals surface area contributed by atoms with Crippen molar-refractivity contribution in [2.75, 3.05) is 87.4 Å². The maximum atomic E-state index is 12.4. The maximum Gasteiger partial charge on any atom is 1.00 e. The predicted molar refractivity (Wildman–Crippen MR) is 489 cm³/mol. The molecule has 0 bridgehead atoms. The van der Waals surface area contributed by atoms with Gasteiger partial charge in [-0.2, -0.15) is 0 Å². The Balaban J connectivity index is 0.00000147. The molecule has 31 heteroatoms. The zero-order valence-corrected chi connectivity index (χ0v) is 84.4. The molecule has 5 aliphatic rings. The molecule has 0 atom stereocenters. The normalized spacial score (nSPS) is 13.1. The summed E-state index contributed by atoms with van der Waals surface area (Å²) in [5.74, 6) is 7.05. The van der Waals surface area contributed by atoms with Gasteiger partial charge in [0.25, 0.3) is 0 Å². The van der Waals surface area contributed by atoms with Crippen LogP contribution in [-0.2, 0) is 127 Å². The van der Waals surface area contributed by atoms with Gasteiger partial charge in [0.1, 0.15) is 41.2 Å². The molecular weight excluding hydrogens is 1850 g/mol. The number of phenolic OH excluding ortho intramolecular Hbond substituents is 1. The van der Waals surface area contributed by atoms with Gasteiger partial charge in [0.15, 0.2) is 57.5 Å². The average Bonchev–Trinajstić information content (AvgIpc) is 0.781. The third-order valence-electron chi connectivity index (χ3n) is 18.2. The fourth-order valence-electron chi connectivity index (χ4n) is 13.0. The number of phenols is 1. The number of fused-ring (bicyclic) bond motifs is 5. The van der Waals surface area contributed by atoms with Crippen LogP contribution >= 0.6 is 47.4 Å². The molecule has 7 aromatic rings. The van der Waals surface area contributed by atoms with Gasteiger partial charge in [0.2, 0.25) is 0 Å². The van der Waals surface area contributed by atoms with Crippen LogP contribution in [0, 0.1) is 7.43 Å². The summed E-state index contributed by atoms with van der Waals surface area (Å²) >= 11 is 2.15. The first-order chi connectivity index (χ1) is 56.3. The van der Waals surface area contributed by atoms with Gasteiger partial charge in [-0.25, -0.2) is 24.0 Å². The minimum atomic E-state index is -1.06. The molecule has 5 heterocycles. The fourth-order valence-corrected chi connectivity index (χ4v) is 13.0. The zero-order valence-electron chi connectivity index (χ0n) is 78.0. The number of benzene rings is 7. The number of halogens is 3. The van der Waals surface area contributed by atoms with Crippen LogP contribution in [0.25, 0.3) is 0 Å². The zero-order chi connectivity index (χ0) is 88.0. The standard InChI is InChI=1S/C22H27NO4.C17H19NO2.C16H23NO4.C15H21NO4.C11H15NO2.C10H18O5.CH3I.CH3.2ClH.Na.Pd.H/c1-22(2,3)27-21(24)23-13-12-18-17(14-23)10-11-19(25-4)20(18)26-15-16-8-6-5-7-9-16;1-19-16-8-7-14-11-18-10-9-15(14)17(16)20-12-13-5-3-2-4-6-13;1-16(2,3)21-15(18)17-9-8-12-11(10-17)6-7-13(19-4)14(12)20-5;1-15(2,3)20-14(18)16-8-7-11-10(9-16)5-6-12(19-4)13(11)17;1-13-10-4-3-8-7-12-6-5-9(8)11(10)14-2;1-9(2,3)14-7(11)13-8(12)15-10(4,5)6;1-2;;;;;;/h5-11H,12-15H2,1-4H3;2-8,18H,9-12H2,1H3;6-7H,8-10H2,1-5H3;5-6,17H,7-9H2,1-4H3;3-4,12H,5-7H2,1-2H3;1-6H3;1H3;1H3;2*1H;;;/q;;;;;;;-1;;;+1;;-1. The first kappa shape index (κ1) is 114.